The van der Waals surface area contributed by atoms with Crippen molar-refractivity contribution in [2.75, 3.05) is 13.1 Å². The summed E-state index contributed by atoms with van der Waals surface area (Å²) in [6, 6.07) is 8.29. The van der Waals surface area contributed by atoms with Gasteiger partial charge in [-0.2, -0.15) is 0 Å². The number of ether oxygens (including phenoxy) is 2. The zero-order valence-corrected chi connectivity index (χ0v) is 18.9. The Balaban J connectivity index is 1.44. The number of carboxylic acid groups (broad SMARTS) is 1. The number of amides is 2. The first-order chi connectivity index (χ1) is 17.0. The number of carbonyl (C=O) groups excluding carboxylic acids is 2. The van der Waals surface area contributed by atoms with Gasteiger partial charge in [0.25, 0.3) is 11.8 Å². The minimum absolute atomic E-state index is 0.0588. The first-order valence-corrected chi connectivity index (χ1v) is 11.1. The Labute approximate surface area is 203 Å². The van der Waals surface area contributed by atoms with Crippen LogP contribution in [0.4, 0.5) is 17.6 Å². The molecule has 0 heterocycles. The van der Waals surface area contributed by atoms with E-state index in [2.05, 4.69) is 15.4 Å². The van der Waals surface area contributed by atoms with E-state index in [9.17, 15) is 31.9 Å². The summed E-state index contributed by atoms with van der Waals surface area (Å²) in [6.07, 6.45) is -3.10. The highest BCUT2D eigenvalue weighted by Gasteiger charge is 2.31. The molecule has 2 amide bonds. The monoisotopic (exact) mass is 512 g/mol. The number of halogens is 4. The van der Waals surface area contributed by atoms with Crippen LogP contribution in [-0.2, 0) is 4.79 Å². The summed E-state index contributed by atoms with van der Waals surface area (Å²) in [5.41, 5.74) is -0.304. The standard InChI is InChI=1S/C24H24F4N2O6/c25-20-13-17(35-16-6-4-14(5-7-16)23(33)34)8-9-19(20)22(32)30-11-10-29-21(31)15-2-1-3-18(12-15)36-24(26,27)28/h1-3,8-9,12-14,16H,4-7,10-11H2,(H,29,31)(H,30,32)(H,33,34). The van der Waals surface area contributed by atoms with Crippen LogP contribution in [0.15, 0.2) is 42.5 Å². The highest BCUT2D eigenvalue weighted by molar-refractivity contribution is 5.95. The number of aliphatic carboxylic acids is 1. The van der Waals surface area contributed by atoms with Gasteiger partial charge < -0.3 is 25.2 Å². The van der Waals surface area contributed by atoms with Crippen molar-refractivity contribution in [2.45, 2.75) is 38.1 Å². The average Bonchev–Trinajstić information content (AvgIpc) is 2.81. The molecule has 2 aromatic carbocycles. The van der Waals surface area contributed by atoms with Crippen LogP contribution < -0.4 is 20.1 Å². The van der Waals surface area contributed by atoms with Crippen LogP contribution in [0.5, 0.6) is 11.5 Å². The van der Waals surface area contributed by atoms with Gasteiger partial charge >= 0.3 is 12.3 Å². The fourth-order valence-corrected chi connectivity index (χ4v) is 3.76. The number of carboxylic acids is 1. The number of alkyl halides is 3. The molecule has 8 nitrogen and oxygen atoms in total. The Morgan fingerprint density at radius 1 is 0.917 bits per heavy atom. The van der Waals surface area contributed by atoms with Crippen LogP contribution in [-0.4, -0.2) is 48.4 Å². The van der Waals surface area contributed by atoms with Crippen LogP contribution in [0.2, 0.25) is 0 Å². The molecule has 12 heteroatoms. The Bertz CT molecular complexity index is 1100. The number of carbonyl (C=O) groups is 3. The molecule has 194 valence electrons. The number of hydrogen-bond acceptors (Lipinski definition) is 5. The molecule has 1 saturated carbocycles. The molecular weight excluding hydrogens is 488 g/mol. The molecule has 2 aromatic rings. The summed E-state index contributed by atoms with van der Waals surface area (Å²) in [4.78, 5) is 35.4. The lowest BCUT2D eigenvalue weighted by Crippen LogP contribution is -2.35. The van der Waals surface area contributed by atoms with E-state index in [0.29, 0.717) is 25.7 Å². The quantitative estimate of drug-likeness (QED) is 0.347. The minimum Gasteiger partial charge on any atom is -0.490 e. The molecule has 0 unspecified atom stereocenters. The van der Waals surface area contributed by atoms with Gasteiger partial charge in [0.2, 0.25) is 0 Å². The van der Waals surface area contributed by atoms with Crippen LogP contribution in [0.1, 0.15) is 46.4 Å². The molecule has 0 atom stereocenters. The first-order valence-electron chi connectivity index (χ1n) is 11.1. The maximum absolute atomic E-state index is 14.5. The van der Waals surface area contributed by atoms with E-state index < -0.39 is 41.6 Å². The fourth-order valence-electron chi connectivity index (χ4n) is 3.76. The number of nitrogens with one attached hydrogen (secondary N) is 2. The summed E-state index contributed by atoms with van der Waals surface area (Å²) in [5, 5.41) is 13.9. The zero-order valence-electron chi connectivity index (χ0n) is 18.9. The predicted molar refractivity (Wildman–Crippen MR) is 118 cm³/mol. The summed E-state index contributed by atoms with van der Waals surface area (Å²) in [6.45, 7) is -0.120. The average molecular weight is 512 g/mol. The van der Waals surface area contributed by atoms with Crippen LogP contribution in [0.25, 0.3) is 0 Å². The third-order valence-corrected chi connectivity index (χ3v) is 5.54. The molecule has 1 aliphatic rings. The van der Waals surface area contributed by atoms with Crippen molar-refractivity contribution in [1.29, 1.82) is 0 Å². The van der Waals surface area contributed by atoms with Crippen LogP contribution in [0.3, 0.4) is 0 Å². The molecule has 36 heavy (non-hydrogen) atoms. The highest BCUT2D eigenvalue weighted by Crippen LogP contribution is 2.28. The van der Waals surface area contributed by atoms with Gasteiger partial charge in [0, 0.05) is 24.7 Å². The molecule has 1 aliphatic carbocycles. The molecular formula is C24H24F4N2O6. The predicted octanol–water partition coefficient (Wildman–Crippen LogP) is 3.91. The van der Waals surface area contributed by atoms with E-state index in [0.717, 1.165) is 18.2 Å². The maximum atomic E-state index is 14.5. The second kappa shape index (κ2) is 11.7. The van der Waals surface area contributed by atoms with Crippen molar-refractivity contribution >= 4 is 17.8 Å². The summed E-state index contributed by atoms with van der Waals surface area (Å²) < 4.78 is 60.9. The van der Waals surface area contributed by atoms with Gasteiger partial charge in [0.15, 0.2) is 0 Å². The molecule has 0 radical (unpaired) electrons. The second-order valence-electron chi connectivity index (χ2n) is 8.16. The van der Waals surface area contributed by atoms with Gasteiger partial charge in [-0.15, -0.1) is 13.2 Å². The molecule has 0 spiro atoms. The van der Waals surface area contributed by atoms with Gasteiger partial charge in [-0.3, -0.25) is 14.4 Å². The Kier molecular flexibility index (Phi) is 8.73. The summed E-state index contributed by atoms with van der Waals surface area (Å²) in [5.74, 6) is -3.76. The van der Waals surface area contributed by atoms with Crippen molar-refractivity contribution in [2.24, 2.45) is 5.92 Å². The summed E-state index contributed by atoms with van der Waals surface area (Å²) in [7, 11) is 0. The molecule has 0 bridgehead atoms. The van der Waals surface area contributed by atoms with Crippen molar-refractivity contribution < 1.29 is 46.5 Å². The van der Waals surface area contributed by atoms with Gasteiger partial charge in [-0.25, -0.2) is 4.39 Å². The fraction of sp³-hybridized carbons (Fsp3) is 0.375. The normalized spacial score (nSPS) is 17.7. The number of benzene rings is 2. The highest BCUT2D eigenvalue weighted by atomic mass is 19.4. The Morgan fingerprint density at radius 3 is 2.19 bits per heavy atom. The number of rotatable bonds is 9. The number of hydrogen-bond donors (Lipinski definition) is 3. The molecule has 1 fully saturated rings. The Hall–Kier alpha value is -3.83. The van der Waals surface area contributed by atoms with Crippen molar-refractivity contribution in [3.63, 3.8) is 0 Å². The SMILES string of the molecule is O=C(NCCNC(=O)c1ccc(OC2CCC(C(=O)O)CC2)cc1F)c1cccc(OC(F)(F)F)c1. The van der Waals surface area contributed by atoms with Crippen molar-refractivity contribution in [1.82, 2.24) is 10.6 Å². The van der Waals surface area contributed by atoms with Crippen molar-refractivity contribution in [3.05, 3.63) is 59.4 Å². The van der Waals surface area contributed by atoms with E-state index in [4.69, 9.17) is 9.84 Å². The van der Waals surface area contributed by atoms with Crippen LogP contribution in [0, 0.1) is 11.7 Å². The summed E-state index contributed by atoms with van der Waals surface area (Å²) >= 11 is 0. The van der Waals surface area contributed by atoms with Gasteiger partial charge in [0.1, 0.15) is 17.3 Å². The molecule has 3 N–H and O–H groups in total. The Morgan fingerprint density at radius 2 is 1.58 bits per heavy atom. The van der Waals surface area contributed by atoms with Gasteiger partial charge in [0.05, 0.1) is 17.6 Å². The van der Waals surface area contributed by atoms with Gasteiger partial charge in [-0.05, 0) is 56.0 Å². The maximum Gasteiger partial charge on any atom is 0.573 e. The van der Waals surface area contributed by atoms with Crippen molar-refractivity contribution in [3.8, 4) is 11.5 Å². The largest absolute Gasteiger partial charge is 0.573 e. The van der Waals surface area contributed by atoms with Gasteiger partial charge in [-0.1, -0.05) is 6.07 Å². The lowest BCUT2D eigenvalue weighted by molar-refractivity contribution is -0.274. The molecule has 0 aromatic heterocycles. The first kappa shape index (κ1) is 26.8. The zero-order chi connectivity index (χ0) is 26.3. The minimum atomic E-state index is -4.89. The lowest BCUT2D eigenvalue weighted by atomic mass is 9.87. The van der Waals surface area contributed by atoms with E-state index in [1.165, 1.54) is 24.3 Å². The third kappa shape index (κ3) is 7.85. The second-order valence-corrected chi connectivity index (χ2v) is 8.16. The van der Waals surface area contributed by atoms with E-state index >= 15 is 0 Å². The smallest absolute Gasteiger partial charge is 0.490 e. The lowest BCUT2D eigenvalue weighted by Gasteiger charge is -2.26. The van der Waals surface area contributed by atoms with E-state index in [1.54, 1.807) is 0 Å². The molecule has 0 saturated heterocycles. The molecule has 3 rings (SSSR count). The topological polar surface area (TPSA) is 114 Å². The van der Waals surface area contributed by atoms with E-state index in [-0.39, 0.29) is 36.1 Å². The molecule has 0 aliphatic heterocycles. The van der Waals surface area contributed by atoms with E-state index in [1.807, 2.05) is 0 Å². The third-order valence-electron chi connectivity index (χ3n) is 5.54. The van der Waals surface area contributed by atoms with Crippen LogP contribution >= 0.6 is 0 Å².